The number of thioether (sulfide) groups is 1. The monoisotopic (exact) mass is 252 g/mol. The van der Waals surface area contributed by atoms with Gasteiger partial charge in [-0.15, -0.1) is 0 Å². The lowest BCUT2D eigenvalue weighted by atomic mass is 9.88. The molecule has 0 aliphatic heterocycles. The molecular weight excluding hydrogens is 228 g/mol. The van der Waals surface area contributed by atoms with Crippen LogP contribution in [0.25, 0.3) is 0 Å². The molecule has 0 bridgehead atoms. The van der Waals surface area contributed by atoms with Gasteiger partial charge < -0.3 is 5.73 Å². The van der Waals surface area contributed by atoms with Crippen LogP contribution in [0.3, 0.4) is 0 Å². The van der Waals surface area contributed by atoms with E-state index in [-0.39, 0.29) is 0 Å². The summed E-state index contributed by atoms with van der Waals surface area (Å²) in [6.07, 6.45) is 11.4. The lowest BCUT2D eigenvalue weighted by molar-refractivity contribution is 0.388. The van der Waals surface area contributed by atoms with Gasteiger partial charge in [-0.2, -0.15) is 17.0 Å². The van der Waals surface area contributed by atoms with Gasteiger partial charge in [0.05, 0.1) is 6.07 Å². The summed E-state index contributed by atoms with van der Waals surface area (Å²) in [7, 11) is 0. The van der Waals surface area contributed by atoms with E-state index in [0.717, 1.165) is 30.9 Å². The molecule has 0 amide bonds. The molecule has 0 spiro atoms. The topological polar surface area (TPSA) is 49.8 Å². The van der Waals surface area contributed by atoms with Crippen LogP contribution >= 0.6 is 11.8 Å². The van der Waals surface area contributed by atoms with Crippen LogP contribution in [0.2, 0.25) is 0 Å². The number of hydrogen-bond acceptors (Lipinski definition) is 3. The van der Waals surface area contributed by atoms with Gasteiger partial charge in [-0.25, -0.2) is 0 Å². The van der Waals surface area contributed by atoms with Gasteiger partial charge in [0.15, 0.2) is 0 Å². The summed E-state index contributed by atoms with van der Waals surface area (Å²) in [5.74, 6) is 1.65. The van der Waals surface area contributed by atoms with E-state index in [1.54, 1.807) is 0 Å². The molecule has 0 aromatic rings. The predicted molar refractivity (Wildman–Crippen MR) is 73.8 cm³/mol. The molecule has 2 rings (SSSR count). The summed E-state index contributed by atoms with van der Waals surface area (Å²) in [6.45, 7) is 0. The van der Waals surface area contributed by atoms with E-state index in [9.17, 15) is 0 Å². The van der Waals surface area contributed by atoms with Gasteiger partial charge in [0.25, 0.3) is 0 Å². The number of nitriles is 1. The maximum absolute atomic E-state index is 9.16. The molecule has 0 saturated heterocycles. The van der Waals surface area contributed by atoms with Crippen LogP contribution in [-0.4, -0.2) is 16.5 Å². The maximum atomic E-state index is 9.16. The van der Waals surface area contributed by atoms with Crippen LogP contribution in [0, 0.1) is 17.2 Å². The molecule has 2 fully saturated rings. The third-order valence-corrected chi connectivity index (χ3v) is 5.87. The van der Waals surface area contributed by atoms with Crippen molar-refractivity contribution in [3.63, 3.8) is 0 Å². The largest absolute Gasteiger partial charge is 0.313 e. The minimum absolute atomic E-state index is 0.448. The Bertz CT molecular complexity index is 280. The number of hydrogen-bond donors (Lipinski definition) is 1. The fourth-order valence-electron chi connectivity index (χ4n) is 3.26. The van der Waals surface area contributed by atoms with Crippen LogP contribution < -0.4 is 5.73 Å². The van der Waals surface area contributed by atoms with Gasteiger partial charge in [-0.1, -0.05) is 25.7 Å². The molecule has 2 aliphatic rings. The molecule has 96 valence electrons. The van der Waals surface area contributed by atoms with E-state index in [4.69, 9.17) is 11.0 Å². The van der Waals surface area contributed by atoms with E-state index >= 15 is 0 Å². The summed E-state index contributed by atoms with van der Waals surface area (Å²) in [5.41, 5.74) is 5.64. The van der Waals surface area contributed by atoms with Crippen molar-refractivity contribution in [2.45, 2.75) is 68.6 Å². The van der Waals surface area contributed by atoms with Gasteiger partial charge in [0, 0.05) is 5.25 Å². The Kier molecular flexibility index (Phi) is 4.76. The Balaban J connectivity index is 1.69. The SMILES string of the molecule is N#CC1(N)CCCC1CCSC1CCCCC1. The third-order valence-electron chi connectivity index (χ3n) is 4.45. The normalized spacial score (nSPS) is 34.7. The van der Waals surface area contributed by atoms with Gasteiger partial charge in [-0.05, 0) is 43.8 Å². The number of nitrogens with zero attached hydrogens (tertiary/aromatic N) is 1. The van der Waals surface area contributed by atoms with Crippen LogP contribution in [0.15, 0.2) is 0 Å². The average molecular weight is 252 g/mol. The van der Waals surface area contributed by atoms with Gasteiger partial charge in [0.2, 0.25) is 0 Å². The van der Waals surface area contributed by atoms with Crippen LogP contribution in [-0.2, 0) is 0 Å². The second-order valence-electron chi connectivity index (χ2n) is 5.66. The standard InChI is InChI=1S/C14H24N2S/c15-11-14(16)9-4-5-12(14)8-10-17-13-6-2-1-3-7-13/h12-13H,1-10,16H2. The number of nitrogens with two attached hydrogens (primary N) is 1. The second-order valence-corrected chi connectivity index (χ2v) is 7.07. The van der Waals surface area contributed by atoms with E-state index < -0.39 is 5.54 Å². The summed E-state index contributed by atoms with van der Waals surface area (Å²) < 4.78 is 0. The van der Waals surface area contributed by atoms with Crippen molar-refractivity contribution in [3.05, 3.63) is 0 Å². The van der Waals surface area contributed by atoms with Gasteiger partial charge in [0.1, 0.15) is 5.54 Å². The van der Waals surface area contributed by atoms with E-state index in [2.05, 4.69) is 17.8 Å². The summed E-state index contributed by atoms with van der Waals surface area (Å²) in [5, 5.41) is 10.1. The molecule has 0 heterocycles. The predicted octanol–water partition coefficient (Wildman–Crippen LogP) is 3.46. The smallest absolute Gasteiger partial charge is 0.107 e. The van der Waals surface area contributed by atoms with Crippen molar-refractivity contribution in [1.82, 2.24) is 0 Å². The highest BCUT2D eigenvalue weighted by Gasteiger charge is 2.39. The highest BCUT2D eigenvalue weighted by molar-refractivity contribution is 7.99. The molecule has 2 saturated carbocycles. The van der Waals surface area contributed by atoms with Gasteiger partial charge >= 0.3 is 0 Å². The Labute approximate surface area is 109 Å². The summed E-state index contributed by atoms with van der Waals surface area (Å²) >= 11 is 2.13. The lowest BCUT2D eigenvalue weighted by Gasteiger charge is -2.25. The van der Waals surface area contributed by atoms with Crippen molar-refractivity contribution in [1.29, 1.82) is 5.26 Å². The summed E-state index contributed by atoms with van der Waals surface area (Å²) in [4.78, 5) is 0. The van der Waals surface area contributed by atoms with E-state index in [0.29, 0.717) is 5.92 Å². The molecule has 2 aliphatic carbocycles. The molecule has 0 aromatic carbocycles. The molecular formula is C14H24N2S. The molecule has 17 heavy (non-hydrogen) atoms. The lowest BCUT2D eigenvalue weighted by Crippen LogP contribution is -2.42. The molecule has 3 heteroatoms. The van der Waals surface area contributed by atoms with Crippen molar-refractivity contribution < 1.29 is 0 Å². The molecule has 0 radical (unpaired) electrons. The quantitative estimate of drug-likeness (QED) is 0.833. The zero-order valence-electron chi connectivity index (χ0n) is 10.7. The molecule has 2 N–H and O–H groups in total. The third kappa shape index (κ3) is 3.39. The molecule has 2 atom stereocenters. The van der Waals surface area contributed by atoms with E-state index in [1.807, 2.05) is 0 Å². The molecule has 0 aromatic heterocycles. The first-order valence-corrected chi connectivity index (χ1v) is 8.11. The van der Waals surface area contributed by atoms with Crippen LogP contribution in [0.5, 0.6) is 0 Å². The first-order chi connectivity index (χ1) is 8.24. The van der Waals surface area contributed by atoms with E-state index in [1.165, 1.54) is 37.9 Å². The molecule has 2 nitrogen and oxygen atoms in total. The van der Waals surface area contributed by atoms with Crippen molar-refractivity contribution in [2.75, 3.05) is 5.75 Å². The highest BCUT2D eigenvalue weighted by Crippen LogP contribution is 2.37. The van der Waals surface area contributed by atoms with Gasteiger partial charge in [-0.3, -0.25) is 0 Å². The number of rotatable bonds is 4. The summed E-state index contributed by atoms with van der Waals surface area (Å²) in [6, 6.07) is 2.35. The highest BCUT2D eigenvalue weighted by atomic mass is 32.2. The second kappa shape index (κ2) is 6.11. The van der Waals surface area contributed by atoms with Crippen molar-refractivity contribution in [2.24, 2.45) is 11.7 Å². The Morgan fingerprint density at radius 2 is 1.94 bits per heavy atom. The minimum Gasteiger partial charge on any atom is -0.313 e. The van der Waals surface area contributed by atoms with Crippen LogP contribution in [0.4, 0.5) is 0 Å². The van der Waals surface area contributed by atoms with Crippen LogP contribution in [0.1, 0.15) is 57.8 Å². The Morgan fingerprint density at radius 3 is 2.65 bits per heavy atom. The first kappa shape index (κ1) is 13.2. The Hall–Kier alpha value is -0.200. The zero-order chi connectivity index (χ0) is 12.1. The van der Waals surface area contributed by atoms with Crippen molar-refractivity contribution in [3.8, 4) is 6.07 Å². The van der Waals surface area contributed by atoms with Crippen molar-refractivity contribution >= 4 is 11.8 Å². The zero-order valence-corrected chi connectivity index (χ0v) is 11.5. The minimum atomic E-state index is -0.507. The maximum Gasteiger partial charge on any atom is 0.107 e. The fraction of sp³-hybridized carbons (Fsp3) is 0.929. The fourth-order valence-corrected chi connectivity index (χ4v) is 4.68. The Morgan fingerprint density at radius 1 is 1.18 bits per heavy atom. The average Bonchev–Trinajstić information content (AvgIpc) is 2.73. The first-order valence-electron chi connectivity index (χ1n) is 7.06. The molecule has 2 unspecified atom stereocenters.